The second kappa shape index (κ2) is 4.17. The van der Waals surface area contributed by atoms with Crippen LogP contribution in [0.5, 0.6) is 0 Å². The molecule has 0 saturated carbocycles. The van der Waals surface area contributed by atoms with Gasteiger partial charge in [-0.05, 0) is 19.1 Å². The molecule has 88 valence electrons. The van der Waals surface area contributed by atoms with E-state index < -0.39 is 11.4 Å². The molecule has 1 atom stereocenters. The molecule has 7 heteroatoms. The van der Waals surface area contributed by atoms with Crippen molar-refractivity contribution in [1.29, 1.82) is 0 Å². The molecular weight excluding hydrogens is 228 g/mol. The van der Waals surface area contributed by atoms with Gasteiger partial charge < -0.3 is 11.1 Å². The van der Waals surface area contributed by atoms with Gasteiger partial charge in [0.25, 0.3) is 5.91 Å². The van der Waals surface area contributed by atoms with Crippen LogP contribution < -0.4 is 16.4 Å². The topological polar surface area (TPSA) is 96.6 Å². The molecule has 1 aliphatic rings. The van der Waals surface area contributed by atoms with Crippen LogP contribution in [0.1, 0.15) is 20.8 Å². The van der Waals surface area contributed by atoms with Gasteiger partial charge in [-0.3, -0.25) is 14.9 Å². The number of nitrogens with zero attached hydrogens (tertiary/aromatic N) is 1. The lowest BCUT2D eigenvalue weighted by Gasteiger charge is -2.32. The van der Waals surface area contributed by atoms with Crippen molar-refractivity contribution < 1.29 is 9.59 Å². The zero-order valence-electron chi connectivity index (χ0n) is 9.33. The predicted octanol–water partition coefficient (Wildman–Crippen LogP) is -0.711. The first-order valence-corrected chi connectivity index (χ1v) is 5.20. The third kappa shape index (κ3) is 2.19. The van der Waals surface area contributed by atoms with Crippen LogP contribution >= 0.6 is 12.2 Å². The monoisotopic (exact) mass is 242 g/mol. The van der Waals surface area contributed by atoms with E-state index in [-0.39, 0.29) is 22.8 Å². The molecule has 0 fully saturated rings. The molecule has 1 unspecified atom stereocenters. The molecule has 1 rings (SSSR count). The number of nitrogens with two attached hydrogens (primary N) is 1. The Balaban J connectivity index is 2.99. The van der Waals surface area contributed by atoms with Crippen molar-refractivity contribution in [2.45, 2.75) is 26.3 Å². The van der Waals surface area contributed by atoms with Gasteiger partial charge in [0.2, 0.25) is 11.0 Å². The van der Waals surface area contributed by atoms with Gasteiger partial charge in [0.15, 0.2) is 5.54 Å². The average molecular weight is 242 g/mol. The van der Waals surface area contributed by atoms with Gasteiger partial charge in [0.1, 0.15) is 5.84 Å². The van der Waals surface area contributed by atoms with Crippen molar-refractivity contribution in [2.75, 3.05) is 0 Å². The summed E-state index contributed by atoms with van der Waals surface area (Å²) in [4.78, 5) is 27.1. The minimum absolute atomic E-state index is 0.00440. The zero-order valence-corrected chi connectivity index (χ0v) is 10.1. The zero-order chi connectivity index (χ0) is 12.5. The summed E-state index contributed by atoms with van der Waals surface area (Å²) in [5.41, 5.74) is 4.30. The van der Waals surface area contributed by atoms with Crippen molar-refractivity contribution in [3.63, 3.8) is 0 Å². The third-order valence-electron chi connectivity index (χ3n) is 2.31. The van der Waals surface area contributed by atoms with Crippen LogP contribution in [0, 0.1) is 5.92 Å². The van der Waals surface area contributed by atoms with Gasteiger partial charge in [-0.1, -0.05) is 13.8 Å². The lowest BCUT2D eigenvalue weighted by atomic mass is 9.97. The third-order valence-corrected chi connectivity index (χ3v) is 2.50. The van der Waals surface area contributed by atoms with Crippen molar-refractivity contribution >= 4 is 35.0 Å². The largest absolute Gasteiger partial charge is 0.385 e. The second-order valence-electron chi connectivity index (χ2n) is 4.03. The highest BCUT2D eigenvalue weighted by atomic mass is 32.1. The maximum atomic E-state index is 11.7. The van der Waals surface area contributed by atoms with Crippen LogP contribution in [-0.2, 0) is 9.59 Å². The molecule has 0 aromatic heterocycles. The molecule has 0 aromatic rings. The van der Waals surface area contributed by atoms with Gasteiger partial charge in [0, 0.05) is 5.92 Å². The van der Waals surface area contributed by atoms with Crippen molar-refractivity contribution in [1.82, 2.24) is 10.6 Å². The number of nitrogens with one attached hydrogen (secondary N) is 2. The average Bonchev–Trinajstić information content (AvgIpc) is 2.14. The summed E-state index contributed by atoms with van der Waals surface area (Å²) in [6, 6.07) is 0. The number of carbonyl (C=O) groups is 2. The van der Waals surface area contributed by atoms with E-state index in [0.717, 1.165) is 0 Å². The van der Waals surface area contributed by atoms with Crippen molar-refractivity contribution in [3.8, 4) is 0 Å². The van der Waals surface area contributed by atoms with Crippen LogP contribution in [0.25, 0.3) is 0 Å². The molecule has 0 radical (unpaired) electrons. The highest BCUT2D eigenvalue weighted by Gasteiger charge is 2.42. The second-order valence-corrected chi connectivity index (χ2v) is 4.41. The fourth-order valence-corrected chi connectivity index (χ4v) is 1.29. The Morgan fingerprint density at radius 1 is 1.62 bits per heavy atom. The summed E-state index contributed by atoms with van der Waals surface area (Å²) >= 11 is 4.72. The normalized spacial score (nSPS) is 25.1. The molecule has 4 N–H and O–H groups in total. The van der Waals surface area contributed by atoms with Crippen LogP contribution in [-0.4, -0.2) is 28.3 Å². The predicted molar refractivity (Wildman–Crippen MR) is 63.7 cm³/mol. The molecule has 0 aromatic carbocycles. The van der Waals surface area contributed by atoms with Gasteiger partial charge in [0.05, 0.1) is 0 Å². The summed E-state index contributed by atoms with van der Waals surface area (Å²) < 4.78 is 0. The van der Waals surface area contributed by atoms with E-state index in [4.69, 9.17) is 18.0 Å². The Morgan fingerprint density at radius 2 is 2.19 bits per heavy atom. The van der Waals surface area contributed by atoms with E-state index in [1.54, 1.807) is 13.8 Å². The molecule has 0 saturated heterocycles. The maximum absolute atomic E-state index is 11.7. The molecule has 1 heterocycles. The number of amidine groups is 1. The van der Waals surface area contributed by atoms with Crippen LogP contribution in [0.3, 0.4) is 0 Å². The van der Waals surface area contributed by atoms with E-state index in [0.29, 0.717) is 0 Å². The van der Waals surface area contributed by atoms with Gasteiger partial charge >= 0.3 is 0 Å². The minimum Gasteiger partial charge on any atom is -0.385 e. The Hall–Kier alpha value is -1.50. The fourth-order valence-electron chi connectivity index (χ4n) is 1.10. The van der Waals surface area contributed by atoms with Gasteiger partial charge in [-0.2, -0.15) is 0 Å². The van der Waals surface area contributed by atoms with E-state index >= 15 is 0 Å². The molecule has 0 aliphatic carbocycles. The molecule has 2 amide bonds. The quantitative estimate of drug-likeness (QED) is 0.557. The van der Waals surface area contributed by atoms with E-state index in [1.165, 1.54) is 6.92 Å². The summed E-state index contributed by atoms with van der Waals surface area (Å²) in [5.74, 6) is -0.996. The highest BCUT2D eigenvalue weighted by molar-refractivity contribution is 7.80. The SMILES string of the molecule is CC(C)C(=O)NC1(C)C(=O)NC(=S)N=C1N. The van der Waals surface area contributed by atoms with Crippen molar-refractivity contribution in [3.05, 3.63) is 0 Å². The molecule has 1 aliphatic heterocycles. The lowest BCUT2D eigenvalue weighted by molar-refractivity contribution is -0.131. The standard InChI is InChI=1S/C9H14N4O2S/c1-4(2)5(14)13-9(3)6(10)11-8(16)12-7(9)15/h4H,1-3H3,(H,13,14)(H3,10,11,12,15,16). The molecule has 16 heavy (non-hydrogen) atoms. The Labute approximate surface area is 98.7 Å². The van der Waals surface area contributed by atoms with Crippen LogP contribution in [0.15, 0.2) is 4.99 Å². The van der Waals surface area contributed by atoms with E-state index in [1.807, 2.05) is 0 Å². The number of carbonyl (C=O) groups excluding carboxylic acids is 2. The maximum Gasteiger partial charge on any atom is 0.259 e. The van der Waals surface area contributed by atoms with E-state index in [2.05, 4.69) is 15.6 Å². The Kier molecular flexibility index (Phi) is 3.27. The lowest BCUT2D eigenvalue weighted by Crippen LogP contribution is -2.67. The van der Waals surface area contributed by atoms with Crippen LogP contribution in [0.2, 0.25) is 0 Å². The molecule has 6 nitrogen and oxygen atoms in total. The van der Waals surface area contributed by atoms with E-state index in [9.17, 15) is 9.59 Å². The Morgan fingerprint density at radius 3 is 2.62 bits per heavy atom. The summed E-state index contributed by atoms with van der Waals surface area (Å²) in [5, 5.41) is 4.92. The summed E-state index contributed by atoms with van der Waals surface area (Å²) in [6.07, 6.45) is 0. The number of rotatable bonds is 2. The minimum atomic E-state index is -1.33. The number of hydrogen-bond acceptors (Lipinski definition) is 4. The van der Waals surface area contributed by atoms with Gasteiger partial charge in [-0.25, -0.2) is 4.99 Å². The molecular formula is C9H14N4O2S. The van der Waals surface area contributed by atoms with Crippen LogP contribution in [0.4, 0.5) is 0 Å². The Bertz CT molecular complexity index is 391. The van der Waals surface area contributed by atoms with Gasteiger partial charge in [-0.15, -0.1) is 0 Å². The number of amides is 2. The molecule has 0 spiro atoms. The fraction of sp³-hybridized carbons (Fsp3) is 0.556. The first-order chi connectivity index (χ1) is 7.27. The first kappa shape index (κ1) is 12.6. The smallest absolute Gasteiger partial charge is 0.259 e. The number of aliphatic imine (C=N–C) groups is 1. The summed E-state index contributed by atoms with van der Waals surface area (Å²) in [7, 11) is 0. The molecule has 0 bridgehead atoms. The first-order valence-electron chi connectivity index (χ1n) is 4.79. The number of hydrogen-bond donors (Lipinski definition) is 3. The number of thiocarbonyl (C=S) groups is 1. The highest BCUT2D eigenvalue weighted by Crippen LogP contribution is 2.10. The van der Waals surface area contributed by atoms with Crippen molar-refractivity contribution in [2.24, 2.45) is 16.6 Å². The summed E-state index contributed by atoms with van der Waals surface area (Å²) in [6.45, 7) is 4.93.